The summed E-state index contributed by atoms with van der Waals surface area (Å²) in [6.07, 6.45) is -0.320. The molecule has 0 aromatic carbocycles. The summed E-state index contributed by atoms with van der Waals surface area (Å²) in [6.45, 7) is 1.69. The number of alkyl halides is 2. The molecule has 0 saturated heterocycles. The van der Waals surface area contributed by atoms with E-state index in [0.717, 1.165) is 0 Å². The Hall–Kier alpha value is -0.740. The molecule has 1 aliphatic rings. The molecule has 0 spiro atoms. The molecule has 5 heteroatoms. The summed E-state index contributed by atoms with van der Waals surface area (Å²) in [5, 5.41) is 0.201. The number of rotatable bonds is 1. The van der Waals surface area contributed by atoms with Gasteiger partial charge < -0.3 is 5.73 Å². The first-order valence-electron chi connectivity index (χ1n) is 4.16. The Morgan fingerprint density at radius 1 is 1.50 bits per heavy atom. The van der Waals surface area contributed by atoms with Crippen LogP contribution in [-0.4, -0.2) is 10.9 Å². The monoisotopic (exact) mass is 218 g/mol. The average Bonchev–Trinajstić information content (AvgIpc) is 2.50. The summed E-state index contributed by atoms with van der Waals surface area (Å²) in [4.78, 5) is 3.89. The van der Waals surface area contributed by atoms with E-state index in [2.05, 4.69) is 4.98 Å². The molecule has 2 nitrogen and oxygen atoms in total. The van der Waals surface area contributed by atoms with Crippen molar-refractivity contribution in [1.29, 1.82) is 0 Å². The molecule has 0 aliphatic heterocycles. The second kappa shape index (κ2) is 2.64. The first-order valence-corrected chi connectivity index (χ1v) is 4.54. The van der Waals surface area contributed by atoms with E-state index in [1.165, 1.54) is 6.07 Å². The van der Waals surface area contributed by atoms with Crippen LogP contribution in [0.1, 0.15) is 17.7 Å². The molecule has 14 heavy (non-hydrogen) atoms. The Labute approximate surface area is 85.1 Å². The van der Waals surface area contributed by atoms with E-state index < -0.39 is 11.5 Å². The third-order valence-electron chi connectivity index (χ3n) is 2.47. The lowest BCUT2D eigenvalue weighted by atomic mass is 10.1. The molecule has 1 saturated carbocycles. The predicted molar refractivity (Wildman–Crippen MR) is 49.4 cm³/mol. The van der Waals surface area contributed by atoms with Gasteiger partial charge in [-0.25, -0.2) is 13.8 Å². The highest BCUT2D eigenvalue weighted by Gasteiger charge is 2.70. The summed E-state index contributed by atoms with van der Waals surface area (Å²) in [6, 6.07) is 2.95. The minimum absolute atomic E-state index is 0.201. The lowest BCUT2D eigenvalue weighted by molar-refractivity contribution is 0.0891. The lowest BCUT2D eigenvalue weighted by Gasteiger charge is -2.11. The van der Waals surface area contributed by atoms with Gasteiger partial charge in [0.1, 0.15) is 10.7 Å². The fraction of sp³-hybridized carbons (Fsp3) is 0.444. The lowest BCUT2D eigenvalue weighted by Crippen LogP contribution is -2.27. The van der Waals surface area contributed by atoms with Gasteiger partial charge in [0.05, 0.1) is 0 Å². The maximum atomic E-state index is 12.9. The Kier molecular flexibility index (Phi) is 1.85. The minimum atomic E-state index is -2.82. The van der Waals surface area contributed by atoms with Crippen molar-refractivity contribution in [2.75, 3.05) is 0 Å². The standard InChI is InChI=1S/C9H9ClF2N2/c1-5-2-6(3-7(10)14-5)8(13)4-9(8,11)12/h2-3H,4,13H2,1H3. The SMILES string of the molecule is Cc1cc(C2(N)CC2(F)F)cc(Cl)n1. The number of hydrogen-bond donors (Lipinski definition) is 1. The summed E-state index contributed by atoms with van der Waals surface area (Å²) in [5.74, 6) is -2.82. The number of hydrogen-bond acceptors (Lipinski definition) is 2. The van der Waals surface area contributed by atoms with Crippen LogP contribution in [0.25, 0.3) is 0 Å². The molecular formula is C9H9ClF2N2. The summed E-state index contributed by atoms with van der Waals surface area (Å²) < 4.78 is 25.9. The molecule has 1 fully saturated rings. The number of aromatic nitrogens is 1. The number of aryl methyl sites for hydroxylation is 1. The fourth-order valence-corrected chi connectivity index (χ4v) is 1.76. The largest absolute Gasteiger partial charge is 0.316 e. The highest BCUT2D eigenvalue weighted by atomic mass is 35.5. The van der Waals surface area contributed by atoms with Crippen molar-refractivity contribution in [2.24, 2.45) is 5.73 Å². The molecule has 0 bridgehead atoms. The van der Waals surface area contributed by atoms with Crippen molar-refractivity contribution < 1.29 is 8.78 Å². The van der Waals surface area contributed by atoms with E-state index >= 15 is 0 Å². The van der Waals surface area contributed by atoms with Crippen LogP contribution in [-0.2, 0) is 5.54 Å². The Balaban J connectivity index is 2.44. The fourth-order valence-electron chi connectivity index (χ4n) is 1.50. The molecule has 76 valence electrons. The molecule has 1 unspecified atom stereocenters. The van der Waals surface area contributed by atoms with Gasteiger partial charge in [-0.1, -0.05) is 11.6 Å². The molecule has 0 amide bonds. The van der Waals surface area contributed by atoms with Crippen LogP contribution >= 0.6 is 11.6 Å². The van der Waals surface area contributed by atoms with Crippen molar-refractivity contribution in [3.63, 3.8) is 0 Å². The highest BCUT2D eigenvalue weighted by molar-refractivity contribution is 6.29. The van der Waals surface area contributed by atoms with Crippen LogP contribution in [0.15, 0.2) is 12.1 Å². The van der Waals surface area contributed by atoms with Gasteiger partial charge in [-0.2, -0.15) is 0 Å². The molecule has 1 atom stereocenters. The molecule has 2 N–H and O–H groups in total. The van der Waals surface area contributed by atoms with Gasteiger partial charge >= 0.3 is 0 Å². The smallest absolute Gasteiger partial charge is 0.272 e. The molecular weight excluding hydrogens is 210 g/mol. The zero-order chi connectivity index (χ0) is 10.6. The number of nitrogens with two attached hydrogens (primary N) is 1. The van der Waals surface area contributed by atoms with Crippen LogP contribution in [0.5, 0.6) is 0 Å². The number of halogens is 3. The van der Waals surface area contributed by atoms with Gasteiger partial charge in [0.25, 0.3) is 5.92 Å². The van der Waals surface area contributed by atoms with Crippen molar-refractivity contribution in [1.82, 2.24) is 4.98 Å². The van der Waals surface area contributed by atoms with Crippen molar-refractivity contribution >= 4 is 11.6 Å². The second-order valence-electron chi connectivity index (χ2n) is 3.67. The van der Waals surface area contributed by atoms with Crippen LogP contribution in [0.3, 0.4) is 0 Å². The summed E-state index contributed by atoms with van der Waals surface area (Å²) in [5.41, 5.74) is 4.97. The maximum Gasteiger partial charge on any atom is 0.272 e. The summed E-state index contributed by atoms with van der Waals surface area (Å²) >= 11 is 5.67. The Morgan fingerprint density at radius 3 is 2.50 bits per heavy atom. The quantitative estimate of drug-likeness (QED) is 0.735. The number of pyridine rings is 1. The van der Waals surface area contributed by atoms with Gasteiger partial charge in [0.2, 0.25) is 0 Å². The first-order chi connectivity index (χ1) is 6.35. The van der Waals surface area contributed by atoms with Crippen LogP contribution in [0.2, 0.25) is 5.15 Å². The average molecular weight is 219 g/mol. The highest BCUT2D eigenvalue weighted by Crippen LogP contribution is 2.57. The van der Waals surface area contributed by atoms with Crippen molar-refractivity contribution in [2.45, 2.75) is 24.8 Å². The molecule has 2 rings (SSSR count). The first kappa shape index (κ1) is 9.80. The topological polar surface area (TPSA) is 38.9 Å². The summed E-state index contributed by atoms with van der Waals surface area (Å²) in [7, 11) is 0. The predicted octanol–water partition coefficient (Wildman–Crippen LogP) is 2.24. The maximum absolute atomic E-state index is 12.9. The van der Waals surface area contributed by atoms with E-state index in [4.69, 9.17) is 17.3 Å². The van der Waals surface area contributed by atoms with E-state index in [-0.39, 0.29) is 11.6 Å². The number of nitrogens with zero attached hydrogens (tertiary/aromatic N) is 1. The normalized spacial score (nSPS) is 28.9. The zero-order valence-corrected chi connectivity index (χ0v) is 8.28. The zero-order valence-electron chi connectivity index (χ0n) is 7.52. The molecule has 0 radical (unpaired) electrons. The van der Waals surface area contributed by atoms with Gasteiger partial charge in [0, 0.05) is 12.1 Å². The van der Waals surface area contributed by atoms with Crippen LogP contribution in [0, 0.1) is 6.92 Å². The van der Waals surface area contributed by atoms with E-state index in [1.807, 2.05) is 0 Å². The van der Waals surface area contributed by atoms with Crippen LogP contribution < -0.4 is 5.73 Å². The van der Waals surface area contributed by atoms with E-state index in [0.29, 0.717) is 11.3 Å². The third-order valence-corrected chi connectivity index (χ3v) is 2.66. The second-order valence-corrected chi connectivity index (χ2v) is 4.06. The third kappa shape index (κ3) is 1.29. The van der Waals surface area contributed by atoms with Gasteiger partial charge in [-0.3, -0.25) is 0 Å². The Bertz CT molecular complexity index is 374. The molecule has 1 heterocycles. The van der Waals surface area contributed by atoms with E-state index in [9.17, 15) is 8.78 Å². The van der Waals surface area contributed by atoms with Crippen LogP contribution in [0.4, 0.5) is 8.78 Å². The minimum Gasteiger partial charge on any atom is -0.316 e. The van der Waals surface area contributed by atoms with Crippen molar-refractivity contribution in [3.8, 4) is 0 Å². The molecule has 1 aromatic rings. The Morgan fingerprint density at radius 2 is 2.07 bits per heavy atom. The molecule has 1 aliphatic carbocycles. The van der Waals surface area contributed by atoms with E-state index in [1.54, 1.807) is 13.0 Å². The van der Waals surface area contributed by atoms with Gasteiger partial charge in [-0.05, 0) is 24.6 Å². The van der Waals surface area contributed by atoms with Gasteiger partial charge in [-0.15, -0.1) is 0 Å². The molecule has 1 aromatic heterocycles. The van der Waals surface area contributed by atoms with Gasteiger partial charge in [0.15, 0.2) is 0 Å². The van der Waals surface area contributed by atoms with Crippen molar-refractivity contribution in [3.05, 3.63) is 28.5 Å².